The zero-order valence-electron chi connectivity index (χ0n) is 21.1. The summed E-state index contributed by atoms with van der Waals surface area (Å²) < 4.78 is 0. The smallest absolute Gasteiger partial charge is 0.225 e. The van der Waals surface area contributed by atoms with Gasteiger partial charge in [0.25, 0.3) is 0 Å². The maximum absolute atomic E-state index is 12.6. The van der Waals surface area contributed by atoms with Crippen LogP contribution in [0.5, 0.6) is 0 Å². The molecule has 1 aliphatic carbocycles. The van der Waals surface area contributed by atoms with Crippen molar-refractivity contribution in [2.45, 2.75) is 44.9 Å². The first-order valence-corrected chi connectivity index (χ1v) is 13.1. The van der Waals surface area contributed by atoms with E-state index >= 15 is 0 Å². The fourth-order valence-corrected chi connectivity index (χ4v) is 4.58. The van der Waals surface area contributed by atoms with Gasteiger partial charge in [-0.25, -0.2) is 4.98 Å². The van der Waals surface area contributed by atoms with Crippen LogP contribution in [-0.2, 0) is 30.5 Å². The highest BCUT2D eigenvalue weighted by atomic mass is 35.5. The summed E-state index contributed by atoms with van der Waals surface area (Å²) in [6.45, 7) is 1.86. The lowest BCUT2D eigenvalue weighted by atomic mass is 9.89. The van der Waals surface area contributed by atoms with Crippen LogP contribution in [0.4, 0.5) is 0 Å². The zero-order valence-corrected chi connectivity index (χ0v) is 23.4. The van der Waals surface area contributed by atoms with Crippen molar-refractivity contribution in [1.29, 1.82) is 0 Å². The van der Waals surface area contributed by atoms with Crippen LogP contribution in [0.3, 0.4) is 0 Å². The van der Waals surface area contributed by atoms with Gasteiger partial charge in [-0.2, -0.15) is 0 Å². The molecular formula is C28H37Cl3N4O. The van der Waals surface area contributed by atoms with Gasteiger partial charge in [0, 0.05) is 41.7 Å². The molecule has 8 heteroatoms. The maximum atomic E-state index is 12.6. The lowest BCUT2D eigenvalue weighted by molar-refractivity contribution is -0.134. The number of H-pyrrole nitrogens is 1. The summed E-state index contributed by atoms with van der Waals surface area (Å²) in [6, 6.07) is 16.0. The average Bonchev–Trinajstić information content (AvgIpc) is 3.34. The number of carbonyl (C=O) groups excluding carboxylic acids is 1. The van der Waals surface area contributed by atoms with Gasteiger partial charge in [-0.3, -0.25) is 4.79 Å². The molecule has 36 heavy (non-hydrogen) atoms. The van der Waals surface area contributed by atoms with E-state index in [0.29, 0.717) is 0 Å². The summed E-state index contributed by atoms with van der Waals surface area (Å²) in [4.78, 5) is 21.9. The number of aromatic amines is 1. The Morgan fingerprint density at radius 1 is 1.03 bits per heavy atom. The van der Waals surface area contributed by atoms with E-state index < -0.39 is 0 Å². The van der Waals surface area contributed by atoms with Crippen molar-refractivity contribution in [2.75, 3.05) is 27.2 Å². The van der Waals surface area contributed by atoms with Gasteiger partial charge in [-0.15, -0.1) is 12.4 Å². The van der Waals surface area contributed by atoms with Gasteiger partial charge < -0.3 is 15.2 Å². The molecule has 5 nitrogen and oxygen atoms in total. The molecule has 1 heterocycles. The number of halogens is 3. The highest BCUT2D eigenvalue weighted by molar-refractivity contribution is 6.30. The van der Waals surface area contributed by atoms with Crippen LogP contribution < -0.4 is 5.32 Å². The van der Waals surface area contributed by atoms with Crippen LogP contribution in [-0.4, -0.2) is 48.0 Å². The summed E-state index contributed by atoms with van der Waals surface area (Å²) in [6.07, 6.45) is 8.54. The van der Waals surface area contributed by atoms with Crippen LogP contribution in [0.2, 0.25) is 10.0 Å². The molecule has 0 spiro atoms. The molecule has 2 aromatic carbocycles. The summed E-state index contributed by atoms with van der Waals surface area (Å²) >= 11 is 11.7. The Morgan fingerprint density at radius 3 is 2.19 bits per heavy atom. The number of amides is 1. The summed E-state index contributed by atoms with van der Waals surface area (Å²) in [5, 5.41) is 4.70. The van der Waals surface area contributed by atoms with Crippen LogP contribution in [0.1, 0.15) is 41.8 Å². The lowest BCUT2D eigenvalue weighted by Gasteiger charge is -2.26. The Kier molecular flexibility index (Phi) is 13.4. The molecule has 3 aromatic rings. The number of hydrogen-bond donors (Lipinski definition) is 2. The van der Waals surface area contributed by atoms with E-state index in [2.05, 4.69) is 27.4 Å². The van der Waals surface area contributed by atoms with E-state index in [1.54, 1.807) is 6.33 Å². The van der Waals surface area contributed by atoms with Crippen molar-refractivity contribution >= 4 is 41.5 Å². The molecule has 196 valence electrons. The van der Waals surface area contributed by atoms with Gasteiger partial charge in [-0.05, 0) is 87.5 Å². The second-order valence-corrected chi connectivity index (χ2v) is 9.96. The zero-order chi connectivity index (χ0) is 25.0. The minimum Gasteiger partial charge on any atom is -0.348 e. The monoisotopic (exact) mass is 550 g/mol. The first-order valence-electron chi connectivity index (χ1n) is 12.4. The van der Waals surface area contributed by atoms with E-state index in [-0.39, 0.29) is 24.2 Å². The Bertz CT molecular complexity index is 1040. The largest absolute Gasteiger partial charge is 0.348 e. The highest BCUT2D eigenvalue weighted by Gasteiger charge is 2.28. The molecule has 2 N–H and O–H groups in total. The number of imidazole rings is 1. The van der Waals surface area contributed by atoms with Crippen LogP contribution in [0, 0.1) is 5.92 Å². The second-order valence-electron chi connectivity index (χ2n) is 9.09. The molecule has 0 saturated carbocycles. The lowest BCUT2D eigenvalue weighted by Crippen LogP contribution is -2.36. The molecule has 1 amide bonds. The fraction of sp³-hybridized carbons (Fsp3) is 0.429. The molecule has 1 unspecified atom stereocenters. The first-order chi connectivity index (χ1) is 17.0. The predicted octanol–water partition coefficient (Wildman–Crippen LogP) is 6.17. The Morgan fingerprint density at radius 2 is 1.61 bits per heavy atom. The molecule has 0 bridgehead atoms. The number of rotatable bonds is 9. The minimum atomic E-state index is 0. The number of benzene rings is 2. The topological polar surface area (TPSA) is 61.0 Å². The number of aromatic nitrogens is 2. The number of carbonyl (C=O) groups is 1. The van der Waals surface area contributed by atoms with Gasteiger partial charge in [0.15, 0.2) is 0 Å². The van der Waals surface area contributed by atoms with E-state index in [9.17, 15) is 4.79 Å². The van der Waals surface area contributed by atoms with Crippen molar-refractivity contribution in [2.24, 2.45) is 5.92 Å². The predicted molar refractivity (Wildman–Crippen MR) is 152 cm³/mol. The third-order valence-electron chi connectivity index (χ3n) is 6.39. The minimum absolute atomic E-state index is 0. The van der Waals surface area contributed by atoms with Crippen LogP contribution in [0.25, 0.3) is 0 Å². The molecule has 1 atom stereocenters. The second kappa shape index (κ2) is 15.9. The van der Waals surface area contributed by atoms with E-state index in [1.807, 2.05) is 55.4 Å². The van der Waals surface area contributed by atoms with Gasteiger partial charge in [0.1, 0.15) is 0 Å². The third-order valence-corrected chi connectivity index (χ3v) is 6.89. The molecule has 0 aliphatic heterocycles. The Balaban J connectivity index is 0.000000299. The van der Waals surface area contributed by atoms with Crippen molar-refractivity contribution in [3.8, 4) is 0 Å². The van der Waals surface area contributed by atoms with Gasteiger partial charge >= 0.3 is 0 Å². The summed E-state index contributed by atoms with van der Waals surface area (Å²) in [5.41, 5.74) is 4.87. The molecule has 4 rings (SSSR count). The summed E-state index contributed by atoms with van der Waals surface area (Å²) in [7, 11) is 3.88. The SMILES string of the molecule is CN(CCCc1ccc(Cl)cc1)C(=O)C1CCc2nc[nH]c2C1.CNCCCc1ccc(Cl)cc1.Cl. The van der Waals surface area contributed by atoms with E-state index in [4.69, 9.17) is 23.2 Å². The molecule has 0 saturated heterocycles. The summed E-state index contributed by atoms with van der Waals surface area (Å²) in [5.74, 6) is 0.338. The number of aryl methyl sites for hydroxylation is 3. The van der Waals surface area contributed by atoms with Crippen molar-refractivity contribution in [3.05, 3.63) is 87.4 Å². The quantitative estimate of drug-likeness (QED) is 0.313. The first kappa shape index (κ1) is 30.2. The van der Waals surface area contributed by atoms with E-state index in [1.165, 1.54) is 17.5 Å². The standard InChI is InChI=1S/C18H22ClN3O.C10H14ClN.ClH/c1-22(10-2-3-13-4-7-15(19)8-5-13)18(23)14-6-9-16-17(11-14)21-12-20-16;1-12-8-2-3-9-4-6-10(11)7-5-9;/h4-5,7-8,12,14H,2-3,6,9-11H2,1H3,(H,20,21);4-7,12H,2-3,8H2,1H3;1H. The molecule has 0 radical (unpaired) electrons. The van der Waals surface area contributed by atoms with Crippen molar-refractivity contribution < 1.29 is 4.79 Å². The average molecular weight is 552 g/mol. The molecule has 0 fully saturated rings. The van der Waals surface area contributed by atoms with Crippen molar-refractivity contribution in [3.63, 3.8) is 0 Å². The number of nitrogens with one attached hydrogen (secondary N) is 2. The number of hydrogen-bond acceptors (Lipinski definition) is 3. The highest BCUT2D eigenvalue weighted by Crippen LogP contribution is 2.24. The number of fused-ring (bicyclic) bond motifs is 1. The molecule has 1 aliphatic rings. The van der Waals surface area contributed by atoms with Crippen LogP contribution in [0.15, 0.2) is 54.9 Å². The van der Waals surface area contributed by atoms with Gasteiger partial charge in [-0.1, -0.05) is 47.5 Å². The Hall–Kier alpha value is -2.05. The Labute approximate surface area is 231 Å². The van der Waals surface area contributed by atoms with Gasteiger partial charge in [0.2, 0.25) is 5.91 Å². The fourth-order valence-electron chi connectivity index (χ4n) is 4.33. The van der Waals surface area contributed by atoms with E-state index in [0.717, 1.165) is 73.0 Å². The van der Waals surface area contributed by atoms with Crippen molar-refractivity contribution in [1.82, 2.24) is 20.2 Å². The maximum Gasteiger partial charge on any atom is 0.225 e. The van der Waals surface area contributed by atoms with Gasteiger partial charge in [0.05, 0.1) is 12.0 Å². The normalized spacial score (nSPS) is 14.2. The molecular weight excluding hydrogens is 515 g/mol. The van der Waals surface area contributed by atoms with Crippen LogP contribution >= 0.6 is 35.6 Å². The third kappa shape index (κ3) is 9.78. The number of nitrogens with zero attached hydrogens (tertiary/aromatic N) is 2. The molecule has 1 aromatic heterocycles.